The summed E-state index contributed by atoms with van der Waals surface area (Å²) in [6, 6.07) is 10.2. The van der Waals surface area contributed by atoms with Crippen molar-refractivity contribution in [1.29, 1.82) is 0 Å². The van der Waals surface area contributed by atoms with Crippen LogP contribution in [0.4, 0.5) is 0 Å². The Labute approximate surface area is 143 Å². The number of rotatable bonds is 6. The number of benzene rings is 1. The number of hydrogen-bond donors (Lipinski definition) is 1. The Morgan fingerprint density at radius 3 is 2.79 bits per heavy atom. The Morgan fingerprint density at radius 1 is 1.21 bits per heavy atom. The van der Waals surface area contributed by atoms with Crippen molar-refractivity contribution in [2.75, 3.05) is 19.6 Å². The van der Waals surface area contributed by atoms with E-state index >= 15 is 0 Å². The lowest BCUT2D eigenvalue weighted by Gasteiger charge is -2.17. The molecule has 0 spiro atoms. The van der Waals surface area contributed by atoms with Crippen LogP contribution < -0.4 is 5.32 Å². The molecule has 0 radical (unpaired) electrons. The van der Waals surface area contributed by atoms with Gasteiger partial charge in [-0.25, -0.2) is 0 Å². The lowest BCUT2D eigenvalue weighted by atomic mass is 9.99. The highest BCUT2D eigenvalue weighted by Crippen LogP contribution is 2.19. The number of carbonyl (C=O) groups is 2. The first-order valence-corrected chi connectivity index (χ1v) is 9.01. The van der Waals surface area contributed by atoms with Crippen molar-refractivity contribution in [2.45, 2.75) is 38.5 Å². The van der Waals surface area contributed by atoms with Crippen LogP contribution in [-0.2, 0) is 16.0 Å². The zero-order chi connectivity index (χ0) is 16.8. The molecule has 128 valence electrons. The summed E-state index contributed by atoms with van der Waals surface area (Å²) in [7, 11) is 0. The highest BCUT2D eigenvalue weighted by molar-refractivity contribution is 5.93. The fourth-order valence-corrected chi connectivity index (χ4v) is 3.51. The van der Waals surface area contributed by atoms with E-state index in [1.165, 1.54) is 12.0 Å². The lowest BCUT2D eigenvalue weighted by molar-refractivity contribution is -0.127. The molecule has 1 aliphatic carbocycles. The number of hydrogen-bond acceptors (Lipinski definition) is 2. The molecular weight excluding hydrogens is 300 g/mol. The van der Waals surface area contributed by atoms with Gasteiger partial charge in [-0.3, -0.25) is 9.59 Å². The fraction of sp³-hybridized carbons (Fsp3) is 0.500. The topological polar surface area (TPSA) is 49.4 Å². The summed E-state index contributed by atoms with van der Waals surface area (Å²) < 4.78 is 0. The Kier molecular flexibility index (Phi) is 5.68. The number of nitrogens with one attached hydrogen (secondary N) is 1. The summed E-state index contributed by atoms with van der Waals surface area (Å²) in [5.41, 5.74) is 2.18. The molecule has 3 rings (SSSR count). The molecule has 4 nitrogen and oxygen atoms in total. The van der Waals surface area contributed by atoms with E-state index in [2.05, 4.69) is 23.5 Å². The van der Waals surface area contributed by atoms with Crippen LogP contribution in [0.2, 0.25) is 0 Å². The Balaban J connectivity index is 1.43. The molecular formula is C20H26N2O2. The number of allylic oxidation sites excluding steroid dienone is 1. The zero-order valence-electron chi connectivity index (χ0n) is 14.2. The molecule has 1 heterocycles. The van der Waals surface area contributed by atoms with Crippen molar-refractivity contribution in [3.8, 4) is 0 Å². The summed E-state index contributed by atoms with van der Waals surface area (Å²) >= 11 is 0. The molecule has 1 saturated heterocycles. The summed E-state index contributed by atoms with van der Waals surface area (Å²) in [6.07, 6.45) is 7.69. The Morgan fingerprint density at radius 2 is 2.04 bits per heavy atom. The minimum absolute atomic E-state index is 0.0601. The van der Waals surface area contributed by atoms with E-state index in [0.29, 0.717) is 13.0 Å². The van der Waals surface area contributed by atoms with E-state index < -0.39 is 0 Å². The zero-order valence-corrected chi connectivity index (χ0v) is 14.2. The molecule has 1 aromatic carbocycles. The molecule has 4 heteroatoms. The average Bonchev–Trinajstić information content (AvgIpc) is 2.99. The number of nitrogens with zero attached hydrogens (tertiary/aromatic N) is 1. The molecule has 0 bridgehead atoms. The highest BCUT2D eigenvalue weighted by atomic mass is 16.2. The van der Waals surface area contributed by atoms with Crippen LogP contribution >= 0.6 is 0 Å². The molecule has 1 unspecified atom stereocenters. The lowest BCUT2D eigenvalue weighted by Crippen LogP contribution is -2.33. The molecule has 1 fully saturated rings. The summed E-state index contributed by atoms with van der Waals surface area (Å²) in [6.45, 7) is 2.12. The number of carbonyl (C=O) groups excluding carboxylic acids is 2. The fourth-order valence-electron chi connectivity index (χ4n) is 3.51. The van der Waals surface area contributed by atoms with Gasteiger partial charge in [-0.1, -0.05) is 36.4 Å². The van der Waals surface area contributed by atoms with Crippen molar-refractivity contribution < 1.29 is 9.59 Å². The van der Waals surface area contributed by atoms with Crippen molar-refractivity contribution in [3.63, 3.8) is 0 Å². The van der Waals surface area contributed by atoms with E-state index in [1.54, 1.807) is 0 Å². The van der Waals surface area contributed by atoms with E-state index in [0.717, 1.165) is 44.3 Å². The van der Waals surface area contributed by atoms with Gasteiger partial charge in [0.2, 0.25) is 11.8 Å². The van der Waals surface area contributed by atoms with Gasteiger partial charge >= 0.3 is 0 Å². The second-order valence-corrected chi connectivity index (χ2v) is 6.83. The van der Waals surface area contributed by atoms with Crippen molar-refractivity contribution in [3.05, 3.63) is 47.5 Å². The molecule has 0 saturated carbocycles. The SMILES string of the molecule is O=C(NCC1CC(=O)N(CCc2ccccc2)C1)C1=CCCCC1. The van der Waals surface area contributed by atoms with Gasteiger partial charge in [-0.15, -0.1) is 0 Å². The van der Waals surface area contributed by atoms with Gasteiger partial charge in [0.05, 0.1) is 0 Å². The third kappa shape index (κ3) is 4.47. The molecule has 1 N–H and O–H groups in total. The van der Waals surface area contributed by atoms with Gasteiger partial charge in [-0.05, 0) is 37.7 Å². The largest absolute Gasteiger partial charge is 0.352 e. The predicted molar refractivity (Wildman–Crippen MR) is 94.4 cm³/mol. The van der Waals surface area contributed by atoms with Gasteiger partial charge in [0, 0.05) is 37.5 Å². The van der Waals surface area contributed by atoms with Crippen LogP contribution in [0.15, 0.2) is 42.0 Å². The third-order valence-electron chi connectivity index (χ3n) is 4.94. The van der Waals surface area contributed by atoms with E-state index in [4.69, 9.17) is 0 Å². The Bertz CT molecular complexity index is 609. The first kappa shape index (κ1) is 16.7. The van der Waals surface area contributed by atoms with Gasteiger partial charge in [-0.2, -0.15) is 0 Å². The molecule has 1 atom stereocenters. The van der Waals surface area contributed by atoms with Crippen LogP contribution in [-0.4, -0.2) is 36.3 Å². The summed E-state index contributed by atoms with van der Waals surface area (Å²) in [5, 5.41) is 3.02. The summed E-state index contributed by atoms with van der Waals surface area (Å²) in [5.74, 6) is 0.508. The maximum atomic E-state index is 12.2. The first-order chi connectivity index (χ1) is 11.7. The predicted octanol–water partition coefficient (Wildman–Crippen LogP) is 2.69. The maximum Gasteiger partial charge on any atom is 0.246 e. The average molecular weight is 326 g/mol. The van der Waals surface area contributed by atoms with E-state index in [1.807, 2.05) is 23.1 Å². The minimum atomic E-state index is 0.0601. The van der Waals surface area contributed by atoms with Gasteiger partial charge < -0.3 is 10.2 Å². The standard InChI is InChI=1S/C20H26N2O2/c23-19-13-17(14-21-20(24)18-9-5-2-6-10-18)15-22(19)12-11-16-7-3-1-4-8-16/h1,3-4,7-9,17H,2,5-6,10-15H2,(H,21,24). The first-order valence-electron chi connectivity index (χ1n) is 9.01. The quantitative estimate of drug-likeness (QED) is 0.874. The monoisotopic (exact) mass is 326 g/mol. The highest BCUT2D eigenvalue weighted by Gasteiger charge is 2.29. The molecule has 2 aliphatic rings. The third-order valence-corrected chi connectivity index (χ3v) is 4.94. The minimum Gasteiger partial charge on any atom is -0.352 e. The Hall–Kier alpha value is -2.10. The second kappa shape index (κ2) is 8.13. The van der Waals surface area contributed by atoms with Gasteiger partial charge in [0.15, 0.2) is 0 Å². The molecule has 1 aromatic rings. The van der Waals surface area contributed by atoms with Crippen molar-refractivity contribution in [2.24, 2.45) is 5.92 Å². The number of amides is 2. The van der Waals surface area contributed by atoms with Crippen LogP contribution in [0, 0.1) is 5.92 Å². The molecule has 24 heavy (non-hydrogen) atoms. The van der Waals surface area contributed by atoms with Crippen LogP contribution in [0.1, 0.15) is 37.7 Å². The van der Waals surface area contributed by atoms with Crippen molar-refractivity contribution in [1.82, 2.24) is 10.2 Å². The smallest absolute Gasteiger partial charge is 0.246 e. The summed E-state index contributed by atoms with van der Waals surface area (Å²) in [4.78, 5) is 26.2. The van der Waals surface area contributed by atoms with E-state index in [-0.39, 0.29) is 17.7 Å². The molecule has 0 aromatic heterocycles. The van der Waals surface area contributed by atoms with Crippen LogP contribution in [0.25, 0.3) is 0 Å². The van der Waals surface area contributed by atoms with Crippen molar-refractivity contribution >= 4 is 11.8 Å². The number of likely N-dealkylation sites (tertiary alicyclic amines) is 1. The molecule has 2 amide bonds. The van der Waals surface area contributed by atoms with Gasteiger partial charge in [0.1, 0.15) is 0 Å². The normalized spacial score (nSPS) is 20.8. The maximum absolute atomic E-state index is 12.2. The molecule has 1 aliphatic heterocycles. The van der Waals surface area contributed by atoms with Crippen LogP contribution in [0.5, 0.6) is 0 Å². The van der Waals surface area contributed by atoms with Gasteiger partial charge in [0.25, 0.3) is 0 Å². The van der Waals surface area contributed by atoms with Crippen LogP contribution in [0.3, 0.4) is 0 Å². The van der Waals surface area contributed by atoms with E-state index in [9.17, 15) is 9.59 Å². The second-order valence-electron chi connectivity index (χ2n) is 6.83.